The third kappa shape index (κ3) is 3.65. The molecule has 0 bridgehead atoms. The van der Waals surface area contributed by atoms with Crippen LogP contribution in [-0.4, -0.2) is 10.1 Å². The number of hydrogen-bond donors (Lipinski definition) is 0. The number of rotatable bonds is 5. The van der Waals surface area contributed by atoms with Gasteiger partial charge in [0, 0.05) is 5.41 Å². The maximum Gasteiger partial charge on any atom is 0.231 e. The van der Waals surface area contributed by atoms with E-state index in [-0.39, 0.29) is 11.2 Å². The quantitative estimate of drug-likeness (QED) is 0.704. The minimum Gasteiger partial charge on any atom is -0.339 e. The maximum absolute atomic E-state index is 13.7. The van der Waals surface area contributed by atoms with E-state index in [0.29, 0.717) is 23.7 Å². The van der Waals surface area contributed by atoms with Crippen LogP contribution in [0.25, 0.3) is 0 Å². The molecule has 0 unspecified atom stereocenters. The van der Waals surface area contributed by atoms with Gasteiger partial charge in [0.25, 0.3) is 0 Å². The summed E-state index contributed by atoms with van der Waals surface area (Å²) in [5.41, 5.74) is 1.53. The minimum atomic E-state index is -0.254. The molecular formula is C19H19FN2O. The normalized spacial score (nSPS) is 11.6. The standard InChI is InChI=1S/C19H19FN2O/c1-19(2,13-14-8-4-3-5-9-14)18-21-17(23-22-18)12-15-10-6-7-11-16(15)20/h3-11H,12-13H2,1-2H3. The van der Waals surface area contributed by atoms with E-state index in [1.165, 1.54) is 11.6 Å². The van der Waals surface area contributed by atoms with Gasteiger partial charge in [-0.1, -0.05) is 67.5 Å². The molecule has 0 spiro atoms. The molecule has 1 aromatic heterocycles. The summed E-state index contributed by atoms with van der Waals surface area (Å²) in [6.07, 6.45) is 1.12. The van der Waals surface area contributed by atoms with Crippen LogP contribution in [0.4, 0.5) is 4.39 Å². The third-order valence-electron chi connectivity index (χ3n) is 3.86. The predicted molar refractivity (Wildman–Crippen MR) is 86.7 cm³/mol. The summed E-state index contributed by atoms with van der Waals surface area (Å²) >= 11 is 0. The SMILES string of the molecule is CC(C)(Cc1ccccc1)c1noc(Cc2ccccc2F)n1. The van der Waals surface area contributed by atoms with Gasteiger partial charge in [-0.3, -0.25) is 0 Å². The summed E-state index contributed by atoms with van der Waals surface area (Å²) in [5.74, 6) is 0.828. The van der Waals surface area contributed by atoms with Crippen molar-refractivity contribution in [2.45, 2.75) is 32.1 Å². The fourth-order valence-corrected chi connectivity index (χ4v) is 2.59. The highest BCUT2D eigenvalue weighted by Crippen LogP contribution is 2.25. The molecule has 0 aliphatic heterocycles. The molecule has 0 N–H and O–H groups in total. The van der Waals surface area contributed by atoms with Crippen LogP contribution in [0.3, 0.4) is 0 Å². The zero-order valence-electron chi connectivity index (χ0n) is 13.3. The van der Waals surface area contributed by atoms with E-state index < -0.39 is 0 Å². The Morgan fingerprint density at radius 3 is 2.43 bits per heavy atom. The van der Waals surface area contributed by atoms with Crippen molar-refractivity contribution < 1.29 is 8.91 Å². The smallest absolute Gasteiger partial charge is 0.231 e. The Kier molecular flexibility index (Phi) is 4.24. The van der Waals surface area contributed by atoms with Crippen LogP contribution < -0.4 is 0 Å². The summed E-state index contributed by atoms with van der Waals surface area (Å²) in [6.45, 7) is 4.16. The Morgan fingerprint density at radius 1 is 1.00 bits per heavy atom. The maximum atomic E-state index is 13.7. The van der Waals surface area contributed by atoms with Gasteiger partial charge in [0.1, 0.15) is 5.82 Å². The lowest BCUT2D eigenvalue weighted by Crippen LogP contribution is -2.22. The molecule has 118 valence electrons. The van der Waals surface area contributed by atoms with Crippen LogP contribution in [0, 0.1) is 5.82 Å². The molecule has 0 saturated carbocycles. The third-order valence-corrected chi connectivity index (χ3v) is 3.86. The Morgan fingerprint density at radius 2 is 1.70 bits per heavy atom. The Balaban J connectivity index is 1.77. The van der Waals surface area contributed by atoms with Gasteiger partial charge in [-0.05, 0) is 23.6 Å². The lowest BCUT2D eigenvalue weighted by molar-refractivity contribution is 0.362. The molecule has 3 rings (SSSR count). The number of nitrogens with zero attached hydrogens (tertiary/aromatic N) is 2. The highest BCUT2D eigenvalue weighted by atomic mass is 19.1. The highest BCUT2D eigenvalue weighted by molar-refractivity contribution is 5.22. The van der Waals surface area contributed by atoms with E-state index in [1.54, 1.807) is 18.2 Å². The number of hydrogen-bond acceptors (Lipinski definition) is 3. The molecule has 1 heterocycles. The predicted octanol–water partition coefficient (Wildman–Crippen LogP) is 4.32. The van der Waals surface area contributed by atoms with Crippen molar-refractivity contribution in [3.05, 3.63) is 83.3 Å². The Labute approximate surface area is 135 Å². The largest absolute Gasteiger partial charge is 0.339 e. The van der Waals surface area contributed by atoms with Gasteiger partial charge in [-0.25, -0.2) is 4.39 Å². The molecule has 23 heavy (non-hydrogen) atoms. The van der Waals surface area contributed by atoms with Gasteiger partial charge >= 0.3 is 0 Å². The van der Waals surface area contributed by atoms with E-state index in [1.807, 2.05) is 18.2 Å². The first-order valence-electron chi connectivity index (χ1n) is 7.65. The van der Waals surface area contributed by atoms with Gasteiger partial charge in [-0.15, -0.1) is 0 Å². The molecule has 3 nitrogen and oxygen atoms in total. The average molecular weight is 310 g/mol. The summed E-state index contributed by atoms with van der Waals surface area (Å²) in [4.78, 5) is 4.47. The zero-order valence-corrected chi connectivity index (χ0v) is 13.3. The van der Waals surface area contributed by atoms with Crippen LogP contribution in [0.2, 0.25) is 0 Å². The lowest BCUT2D eigenvalue weighted by atomic mass is 9.85. The molecule has 0 aliphatic rings. The van der Waals surface area contributed by atoms with Crippen molar-refractivity contribution in [3.63, 3.8) is 0 Å². The topological polar surface area (TPSA) is 38.9 Å². The number of aromatic nitrogens is 2. The second kappa shape index (κ2) is 6.32. The highest BCUT2D eigenvalue weighted by Gasteiger charge is 2.27. The van der Waals surface area contributed by atoms with Crippen molar-refractivity contribution in [1.82, 2.24) is 10.1 Å². The first kappa shape index (κ1) is 15.4. The summed E-state index contributed by atoms with van der Waals surface area (Å²) in [6, 6.07) is 16.8. The molecule has 4 heteroatoms. The first-order valence-corrected chi connectivity index (χ1v) is 7.65. The van der Waals surface area contributed by atoms with E-state index in [0.717, 1.165) is 6.42 Å². The van der Waals surface area contributed by atoms with Crippen LogP contribution in [0.1, 0.15) is 36.7 Å². The number of benzene rings is 2. The van der Waals surface area contributed by atoms with E-state index in [2.05, 4.69) is 36.1 Å². The second-order valence-corrected chi connectivity index (χ2v) is 6.33. The van der Waals surface area contributed by atoms with Crippen molar-refractivity contribution in [2.75, 3.05) is 0 Å². The molecule has 0 aliphatic carbocycles. The van der Waals surface area contributed by atoms with Crippen molar-refractivity contribution >= 4 is 0 Å². The molecule has 2 aromatic carbocycles. The Bertz CT molecular complexity index is 781. The van der Waals surface area contributed by atoms with Crippen LogP contribution >= 0.6 is 0 Å². The number of halogens is 1. The molecule has 0 radical (unpaired) electrons. The molecular weight excluding hydrogens is 291 g/mol. The van der Waals surface area contributed by atoms with E-state index >= 15 is 0 Å². The molecule has 0 amide bonds. The van der Waals surface area contributed by atoms with Gasteiger partial charge in [0.2, 0.25) is 5.89 Å². The van der Waals surface area contributed by atoms with Crippen molar-refractivity contribution in [3.8, 4) is 0 Å². The summed E-state index contributed by atoms with van der Waals surface area (Å²) in [7, 11) is 0. The van der Waals surface area contributed by atoms with E-state index in [9.17, 15) is 4.39 Å². The van der Waals surface area contributed by atoms with E-state index in [4.69, 9.17) is 4.52 Å². The summed E-state index contributed by atoms with van der Waals surface area (Å²) in [5, 5.41) is 4.10. The summed E-state index contributed by atoms with van der Waals surface area (Å²) < 4.78 is 19.0. The van der Waals surface area contributed by atoms with Gasteiger partial charge in [-0.2, -0.15) is 4.98 Å². The molecule has 3 aromatic rings. The second-order valence-electron chi connectivity index (χ2n) is 6.33. The lowest BCUT2D eigenvalue weighted by Gasteiger charge is -2.20. The fourth-order valence-electron chi connectivity index (χ4n) is 2.59. The average Bonchev–Trinajstić information content (AvgIpc) is 3.00. The molecule has 0 atom stereocenters. The zero-order chi connectivity index (χ0) is 16.3. The van der Waals surface area contributed by atoms with Gasteiger partial charge in [0.05, 0.1) is 6.42 Å². The monoisotopic (exact) mass is 310 g/mol. The molecule has 0 saturated heterocycles. The minimum absolute atomic E-state index is 0.252. The van der Waals surface area contributed by atoms with Crippen molar-refractivity contribution in [2.24, 2.45) is 0 Å². The van der Waals surface area contributed by atoms with Crippen LogP contribution in [0.15, 0.2) is 59.1 Å². The van der Waals surface area contributed by atoms with Gasteiger partial charge < -0.3 is 4.52 Å². The fraction of sp³-hybridized carbons (Fsp3) is 0.263. The van der Waals surface area contributed by atoms with Crippen LogP contribution in [0.5, 0.6) is 0 Å². The first-order chi connectivity index (χ1) is 11.0. The van der Waals surface area contributed by atoms with Crippen LogP contribution in [-0.2, 0) is 18.3 Å². The Hall–Kier alpha value is -2.49. The molecule has 0 fully saturated rings. The van der Waals surface area contributed by atoms with Crippen molar-refractivity contribution in [1.29, 1.82) is 0 Å². The van der Waals surface area contributed by atoms with Gasteiger partial charge in [0.15, 0.2) is 5.82 Å².